The smallest absolute Gasteiger partial charge is 0.0842 e. The average molecular weight is 275 g/mol. The van der Waals surface area contributed by atoms with Crippen LogP contribution < -0.4 is 5.73 Å². The van der Waals surface area contributed by atoms with Crippen molar-refractivity contribution in [2.24, 2.45) is 5.73 Å². The highest BCUT2D eigenvalue weighted by Gasteiger charge is 2.23. The second kappa shape index (κ2) is 6.70. The van der Waals surface area contributed by atoms with Crippen LogP contribution in [0.5, 0.6) is 0 Å². The maximum Gasteiger partial charge on any atom is 0.0842 e. The van der Waals surface area contributed by atoms with Crippen LogP contribution in [-0.2, 0) is 15.9 Å². The maximum absolute atomic E-state index is 6.30. The van der Waals surface area contributed by atoms with E-state index >= 15 is 0 Å². The first-order valence-electron chi connectivity index (χ1n) is 7.89. The highest BCUT2D eigenvalue weighted by molar-refractivity contribution is 5.30. The van der Waals surface area contributed by atoms with Crippen LogP contribution in [0.4, 0.5) is 0 Å². The minimum Gasteiger partial charge on any atom is -0.378 e. The van der Waals surface area contributed by atoms with Crippen molar-refractivity contribution in [1.82, 2.24) is 0 Å². The predicted molar refractivity (Wildman–Crippen MR) is 79.6 cm³/mol. The molecule has 110 valence electrons. The van der Waals surface area contributed by atoms with Crippen LogP contribution in [0.2, 0.25) is 0 Å². The number of hydrogen-bond acceptors (Lipinski definition) is 3. The van der Waals surface area contributed by atoms with Gasteiger partial charge in [0.15, 0.2) is 0 Å². The molecule has 2 aliphatic rings. The zero-order chi connectivity index (χ0) is 13.8. The van der Waals surface area contributed by atoms with Gasteiger partial charge in [0.1, 0.15) is 0 Å². The van der Waals surface area contributed by atoms with Crippen LogP contribution in [0.15, 0.2) is 24.3 Å². The number of benzene rings is 1. The van der Waals surface area contributed by atoms with Gasteiger partial charge in [-0.25, -0.2) is 0 Å². The Hall–Kier alpha value is -0.900. The van der Waals surface area contributed by atoms with Crippen LogP contribution in [0.3, 0.4) is 0 Å². The first-order valence-corrected chi connectivity index (χ1v) is 7.89. The molecule has 0 aromatic heterocycles. The molecule has 1 fully saturated rings. The van der Waals surface area contributed by atoms with E-state index in [0.29, 0.717) is 6.10 Å². The van der Waals surface area contributed by atoms with Crippen molar-refractivity contribution >= 4 is 0 Å². The van der Waals surface area contributed by atoms with Crippen LogP contribution in [-0.4, -0.2) is 25.4 Å². The molecule has 3 heteroatoms. The molecule has 0 aliphatic carbocycles. The standard InChI is InChI=1S/C17H25NO2/c18-14(7-8-15-5-3-10-19-15)12-17-16-6-2-1-4-13(16)9-11-20-17/h1-2,4,6,14-15,17H,3,5,7-12,18H2. The fraction of sp³-hybridized carbons (Fsp3) is 0.647. The first kappa shape index (κ1) is 14.1. The molecule has 0 saturated carbocycles. The van der Waals surface area contributed by atoms with Gasteiger partial charge in [-0.3, -0.25) is 0 Å². The van der Waals surface area contributed by atoms with Crippen molar-refractivity contribution in [3.8, 4) is 0 Å². The Morgan fingerprint density at radius 2 is 2.10 bits per heavy atom. The normalized spacial score (nSPS) is 27.2. The number of rotatable bonds is 5. The van der Waals surface area contributed by atoms with Crippen LogP contribution >= 0.6 is 0 Å². The van der Waals surface area contributed by atoms with E-state index in [0.717, 1.165) is 38.9 Å². The lowest BCUT2D eigenvalue weighted by Gasteiger charge is -2.28. The van der Waals surface area contributed by atoms with Gasteiger partial charge in [-0.1, -0.05) is 24.3 Å². The second-order valence-electron chi connectivity index (χ2n) is 6.02. The fourth-order valence-electron chi connectivity index (χ4n) is 3.34. The Morgan fingerprint density at radius 3 is 2.95 bits per heavy atom. The Kier molecular flexibility index (Phi) is 4.71. The summed E-state index contributed by atoms with van der Waals surface area (Å²) in [7, 11) is 0. The zero-order valence-electron chi connectivity index (χ0n) is 12.1. The summed E-state index contributed by atoms with van der Waals surface area (Å²) in [5.41, 5.74) is 9.07. The molecule has 1 aromatic carbocycles. The molecular formula is C17H25NO2. The van der Waals surface area contributed by atoms with Crippen molar-refractivity contribution in [2.75, 3.05) is 13.2 Å². The monoisotopic (exact) mass is 275 g/mol. The van der Waals surface area contributed by atoms with E-state index in [9.17, 15) is 0 Å². The summed E-state index contributed by atoms with van der Waals surface area (Å²) >= 11 is 0. The predicted octanol–water partition coefficient (Wildman–Crippen LogP) is 2.98. The van der Waals surface area contributed by atoms with E-state index in [4.69, 9.17) is 15.2 Å². The number of hydrogen-bond donors (Lipinski definition) is 1. The molecule has 0 radical (unpaired) electrons. The third-order valence-corrected chi connectivity index (χ3v) is 4.49. The second-order valence-corrected chi connectivity index (χ2v) is 6.02. The molecule has 1 aromatic rings. The number of nitrogens with two attached hydrogens (primary N) is 1. The Balaban J connectivity index is 1.52. The van der Waals surface area contributed by atoms with Crippen molar-refractivity contribution in [2.45, 2.75) is 56.8 Å². The highest BCUT2D eigenvalue weighted by Crippen LogP contribution is 2.31. The summed E-state index contributed by atoms with van der Waals surface area (Å²) < 4.78 is 11.6. The highest BCUT2D eigenvalue weighted by atomic mass is 16.5. The van der Waals surface area contributed by atoms with Crippen LogP contribution in [0.1, 0.15) is 49.3 Å². The minimum atomic E-state index is 0.180. The SMILES string of the molecule is NC(CCC1CCCO1)CC1OCCc2ccccc21. The summed E-state index contributed by atoms with van der Waals surface area (Å²) in [4.78, 5) is 0. The largest absolute Gasteiger partial charge is 0.378 e. The average Bonchev–Trinajstić information content (AvgIpc) is 2.99. The summed E-state index contributed by atoms with van der Waals surface area (Å²) in [6, 6.07) is 8.81. The van der Waals surface area contributed by atoms with E-state index in [-0.39, 0.29) is 12.1 Å². The van der Waals surface area contributed by atoms with Gasteiger partial charge in [-0.05, 0) is 49.7 Å². The van der Waals surface area contributed by atoms with Gasteiger partial charge in [-0.15, -0.1) is 0 Å². The van der Waals surface area contributed by atoms with Gasteiger partial charge in [-0.2, -0.15) is 0 Å². The molecule has 1 saturated heterocycles. The summed E-state index contributed by atoms with van der Waals surface area (Å²) in [6.45, 7) is 1.75. The Morgan fingerprint density at radius 1 is 1.20 bits per heavy atom. The van der Waals surface area contributed by atoms with Crippen molar-refractivity contribution in [3.63, 3.8) is 0 Å². The van der Waals surface area contributed by atoms with Crippen molar-refractivity contribution < 1.29 is 9.47 Å². The lowest BCUT2D eigenvalue weighted by Crippen LogP contribution is -2.27. The van der Waals surface area contributed by atoms with Crippen LogP contribution in [0.25, 0.3) is 0 Å². The van der Waals surface area contributed by atoms with E-state index in [1.165, 1.54) is 24.0 Å². The van der Waals surface area contributed by atoms with Gasteiger partial charge >= 0.3 is 0 Å². The van der Waals surface area contributed by atoms with E-state index < -0.39 is 0 Å². The number of ether oxygens (including phenoxy) is 2. The quantitative estimate of drug-likeness (QED) is 0.898. The summed E-state index contributed by atoms with van der Waals surface area (Å²) in [5.74, 6) is 0. The molecule has 3 nitrogen and oxygen atoms in total. The van der Waals surface area contributed by atoms with E-state index in [1.54, 1.807) is 0 Å². The summed E-state index contributed by atoms with van der Waals surface area (Å²) in [6.07, 6.45) is 7.11. The summed E-state index contributed by atoms with van der Waals surface area (Å²) in [5, 5.41) is 0. The molecule has 3 atom stereocenters. The van der Waals surface area contributed by atoms with E-state index in [1.807, 2.05) is 0 Å². The third kappa shape index (κ3) is 3.40. The Labute approximate surface area is 121 Å². The fourth-order valence-corrected chi connectivity index (χ4v) is 3.34. The molecular weight excluding hydrogens is 250 g/mol. The molecule has 0 amide bonds. The van der Waals surface area contributed by atoms with Gasteiger partial charge in [0, 0.05) is 12.6 Å². The zero-order valence-corrected chi connectivity index (χ0v) is 12.1. The molecule has 20 heavy (non-hydrogen) atoms. The van der Waals surface area contributed by atoms with Crippen molar-refractivity contribution in [3.05, 3.63) is 35.4 Å². The number of fused-ring (bicyclic) bond motifs is 1. The molecule has 2 N–H and O–H groups in total. The van der Waals surface area contributed by atoms with Crippen LogP contribution in [0, 0.1) is 0 Å². The van der Waals surface area contributed by atoms with E-state index in [2.05, 4.69) is 24.3 Å². The lowest BCUT2D eigenvalue weighted by molar-refractivity contribution is 0.0298. The van der Waals surface area contributed by atoms with Gasteiger partial charge < -0.3 is 15.2 Å². The van der Waals surface area contributed by atoms with Gasteiger partial charge in [0.2, 0.25) is 0 Å². The van der Waals surface area contributed by atoms with Crippen molar-refractivity contribution in [1.29, 1.82) is 0 Å². The lowest BCUT2D eigenvalue weighted by atomic mass is 9.92. The molecule has 0 spiro atoms. The topological polar surface area (TPSA) is 44.5 Å². The molecule has 2 aliphatic heterocycles. The van der Waals surface area contributed by atoms with Gasteiger partial charge in [0.25, 0.3) is 0 Å². The molecule has 0 bridgehead atoms. The minimum absolute atomic E-state index is 0.180. The third-order valence-electron chi connectivity index (χ3n) is 4.49. The first-order chi connectivity index (χ1) is 9.83. The van der Waals surface area contributed by atoms with Gasteiger partial charge in [0.05, 0.1) is 18.8 Å². The maximum atomic E-state index is 6.30. The molecule has 3 rings (SSSR count). The molecule has 2 heterocycles. The Bertz CT molecular complexity index is 429. The molecule has 3 unspecified atom stereocenters.